The van der Waals surface area contributed by atoms with E-state index in [4.69, 9.17) is 4.74 Å². The first-order chi connectivity index (χ1) is 15.1. The number of ether oxygens (including phenoxy) is 1. The second-order valence-electron chi connectivity index (χ2n) is 6.97. The lowest BCUT2D eigenvalue weighted by molar-refractivity contribution is -0.116. The van der Waals surface area contributed by atoms with Crippen molar-refractivity contribution in [2.45, 2.75) is 29.9 Å². The van der Waals surface area contributed by atoms with E-state index in [-0.39, 0.29) is 17.1 Å². The number of amides is 2. The predicted octanol–water partition coefficient (Wildman–Crippen LogP) is 5.39. The van der Waals surface area contributed by atoms with Gasteiger partial charge in [0.25, 0.3) is 0 Å². The average molecular weight is 435 g/mol. The summed E-state index contributed by atoms with van der Waals surface area (Å²) in [5.74, 6) is 0.611. The number of carbonyl (C=O) groups is 2. The monoisotopic (exact) mass is 434 g/mol. The summed E-state index contributed by atoms with van der Waals surface area (Å²) in [7, 11) is 1.61. The minimum atomic E-state index is -0.252. The lowest BCUT2D eigenvalue weighted by atomic mass is 10.1. The Morgan fingerprint density at radius 2 is 1.65 bits per heavy atom. The Labute approximate surface area is 187 Å². The van der Waals surface area contributed by atoms with Crippen LogP contribution in [-0.4, -0.2) is 24.2 Å². The molecule has 0 spiro atoms. The van der Waals surface area contributed by atoms with E-state index in [1.807, 2.05) is 85.8 Å². The van der Waals surface area contributed by atoms with Crippen molar-refractivity contribution in [3.63, 3.8) is 0 Å². The van der Waals surface area contributed by atoms with Gasteiger partial charge in [0.15, 0.2) is 0 Å². The molecule has 0 radical (unpaired) electrons. The summed E-state index contributed by atoms with van der Waals surface area (Å²) in [6, 6.07) is 24.5. The molecule has 3 rings (SSSR count). The van der Waals surface area contributed by atoms with Crippen molar-refractivity contribution in [1.82, 2.24) is 0 Å². The molecule has 0 aromatic heterocycles. The number of hydrogen-bond donors (Lipinski definition) is 2. The van der Waals surface area contributed by atoms with Gasteiger partial charge in [0, 0.05) is 16.3 Å². The smallest absolute Gasteiger partial charge is 0.237 e. The lowest BCUT2D eigenvalue weighted by Crippen LogP contribution is -2.24. The first-order valence-corrected chi connectivity index (χ1v) is 11.0. The molecule has 1 unspecified atom stereocenters. The van der Waals surface area contributed by atoms with E-state index in [9.17, 15) is 9.59 Å². The molecule has 2 amide bonds. The molecule has 0 aliphatic heterocycles. The van der Waals surface area contributed by atoms with E-state index in [1.54, 1.807) is 7.11 Å². The Bertz CT molecular complexity index is 1010. The summed E-state index contributed by atoms with van der Waals surface area (Å²) in [4.78, 5) is 26.0. The summed E-state index contributed by atoms with van der Waals surface area (Å²) in [5.41, 5.74) is 2.41. The van der Waals surface area contributed by atoms with E-state index < -0.39 is 0 Å². The fraction of sp³-hybridized carbons (Fsp3) is 0.200. The molecule has 160 valence electrons. The molecule has 31 heavy (non-hydrogen) atoms. The number of benzene rings is 3. The third-order valence-corrected chi connectivity index (χ3v) is 5.98. The van der Waals surface area contributed by atoms with Gasteiger partial charge in [-0.1, -0.05) is 43.3 Å². The van der Waals surface area contributed by atoms with Gasteiger partial charge >= 0.3 is 0 Å². The van der Waals surface area contributed by atoms with Crippen LogP contribution in [0.1, 0.15) is 18.9 Å². The van der Waals surface area contributed by atoms with Gasteiger partial charge in [-0.3, -0.25) is 9.59 Å². The molecule has 2 N–H and O–H groups in total. The van der Waals surface area contributed by atoms with Crippen molar-refractivity contribution in [3.05, 3.63) is 84.4 Å². The quantitative estimate of drug-likeness (QED) is 0.443. The highest BCUT2D eigenvalue weighted by Crippen LogP contribution is 2.29. The van der Waals surface area contributed by atoms with Crippen LogP contribution in [-0.2, 0) is 16.0 Å². The topological polar surface area (TPSA) is 67.4 Å². The number of nitrogens with one attached hydrogen (secondary N) is 2. The molecule has 0 heterocycles. The Morgan fingerprint density at radius 1 is 0.903 bits per heavy atom. The van der Waals surface area contributed by atoms with Crippen molar-refractivity contribution < 1.29 is 14.3 Å². The zero-order valence-corrected chi connectivity index (χ0v) is 18.4. The zero-order chi connectivity index (χ0) is 22.1. The van der Waals surface area contributed by atoms with Gasteiger partial charge in [-0.15, -0.1) is 11.8 Å². The number of anilines is 2. The molecule has 3 aromatic carbocycles. The van der Waals surface area contributed by atoms with Gasteiger partial charge in [0.2, 0.25) is 11.8 Å². The van der Waals surface area contributed by atoms with Crippen molar-refractivity contribution in [1.29, 1.82) is 0 Å². The number of carbonyl (C=O) groups excluding carboxylic acids is 2. The Morgan fingerprint density at radius 3 is 2.32 bits per heavy atom. The van der Waals surface area contributed by atoms with E-state index >= 15 is 0 Å². The second-order valence-corrected chi connectivity index (χ2v) is 8.25. The van der Waals surface area contributed by atoms with Crippen molar-refractivity contribution in [2.75, 3.05) is 17.7 Å². The third kappa shape index (κ3) is 6.89. The van der Waals surface area contributed by atoms with E-state index in [2.05, 4.69) is 10.6 Å². The molecular formula is C25H26N2O3S. The van der Waals surface area contributed by atoms with Crippen molar-refractivity contribution >= 4 is 35.0 Å². The molecule has 6 heteroatoms. The summed E-state index contributed by atoms with van der Waals surface area (Å²) in [6.07, 6.45) is 0.997. The molecule has 0 saturated heterocycles. The van der Waals surface area contributed by atoms with Crippen LogP contribution in [0.3, 0.4) is 0 Å². The summed E-state index contributed by atoms with van der Waals surface area (Å²) in [6.45, 7) is 1.98. The van der Waals surface area contributed by atoms with Crippen LogP contribution in [0.5, 0.6) is 5.75 Å². The van der Waals surface area contributed by atoms with Crippen molar-refractivity contribution in [3.8, 4) is 5.75 Å². The van der Waals surface area contributed by atoms with Gasteiger partial charge < -0.3 is 15.4 Å². The Balaban J connectivity index is 1.59. The predicted molar refractivity (Wildman–Crippen MR) is 127 cm³/mol. The summed E-state index contributed by atoms with van der Waals surface area (Å²) < 4.78 is 5.15. The fourth-order valence-electron chi connectivity index (χ4n) is 3.02. The number of thioether (sulfide) groups is 1. The average Bonchev–Trinajstić information content (AvgIpc) is 2.78. The van der Waals surface area contributed by atoms with E-state index in [1.165, 1.54) is 11.8 Å². The number of hydrogen-bond acceptors (Lipinski definition) is 4. The maximum absolute atomic E-state index is 12.7. The molecule has 0 saturated carbocycles. The highest BCUT2D eigenvalue weighted by Gasteiger charge is 2.18. The van der Waals surface area contributed by atoms with Gasteiger partial charge in [-0.2, -0.15) is 0 Å². The second kappa shape index (κ2) is 11.2. The standard InChI is InChI=1S/C25H26N2O3S/c1-3-23(25(29)27-19-12-14-21(30-2)15-13-19)31-22-11-7-10-20(17-22)26-24(28)16-18-8-5-4-6-9-18/h4-15,17,23H,3,16H2,1-2H3,(H,26,28)(H,27,29). The minimum Gasteiger partial charge on any atom is -0.497 e. The van der Waals surface area contributed by atoms with Crippen LogP contribution >= 0.6 is 11.8 Å². The normalized spacial score (nSPS) is 11.4. The lowest BCUT2D eigenvalue weighted by Gasteiger charge is -2.16. The van der Waals surface area contributed by atoms with Gasteiger partial charge in [0.1, 0.15) is 5.75 Å². The van der Waals surface area contributed by atoms with Gasteiger partial charge in [-0.25, -0.2) is 0 Å². The minimum absolute atomic E-state index is 0.0591. The maximum atomic E-state index is 12.7. The third-order valence-electron chi connectivity index (χ3n) is 4.62. The molecule has 0 fully saturated rings. The number of rotatable bonds is 9. The van der Waals surface area contributed by atoms with Gasteiger partial charge in [-0.05, 0) is 54.4 Å². The molecule has 0 aliphatic carbocycles. The van der Waals surface area contributed by atoms with Crippen LogP contribution in [0.25, 0.3) is 0 Å². The summed E-state index contributed by atoms with van der Waals surface area (Å²) >= 11 is 1.48. The summed E-state index contributed by atoms with van der Waals surface area (Å²) in [5, 5.41) is 5.64. The molecule has 0 aliphatic rings. The number of methoxy groups -OCH3 is 1. The largest absolute Gasteiger partial charge is 0.497 e. The highest BCUT2D eigenvalue weighted by atomic mass is 32.2. The van der Waals surface area contributed by atoms with E-state index in [0.29, 0.717) is 12.8 Å². The molecule has 0 bridgehead atoms. The maximum Gasteiger partial charge on any atom is 0.237 e. The highest BCUT2D eigenvalue weighted by molar-refractivity contribution is 8.00. The first kappa shape index (κ1) is 22.4. The molecule has 3 aromatic rings. The van der Waals surface area contributed by atoms with Crippen LogP contribution in [0.2, 0.25) is 0 Å². The SMILES string of the molecule is CCC(Sc1cccc(NC(=O)Cc2ccccc2)c1)C(=O)Nc1ccc(OC)cc1. The van der Waals surface area contributed by atoms with Gasteiger partial charge in [0.05, 0.1) is 18.8 Å². The Hall–Kier alpha value is -3.25. The van der Waals surface area contributed by atoms with Crippen LogP contribution in [0.15, 0.2) is 83.8 Å². The molecule has 5 nitrogen and oxygen atoms in total. The van der Waals surface area contributed by atoms with Crippen molar-refractivity contribution in [2.24, 2.45) is 0 Å². The van der Waals surface area contributed by atoms with Crippen LogP contribution in [0.4, 0.5) is 11.4 Å². The molecular weight excluding hydrogens is 408 g/mol. The van der Waals surface area contributed by atoms with Crippen LogP contribution in [0, 0.1) is 0 Å². The van der Waals surface area contributed by atoms with Crippen LogP contribution < -0.4 is 15.4 Å². The molecule has 1 atom stereocenters. The Kier molecular flexibility index (Phi) is 8.12. The zero-order valence-electron chi connectivity index (χ0n) is 17.6. The first-order valence-electron chi connectivity index (χ1n) is 10.1. The van der Waals surface area contributed by atoms with E-state index in [0.717, 1.165) is 27.6 Å². The fourth-order valence-corrected chi connectivity index (χ4v) is 4.03.